The molecule has 4 aliphatic rings. The molecule has 2 bridgehead atoms. The molecular formula is C29H32FN5O2. The highest BCUT2D eigenvalue weighted by Crippen LogP contribution is 2.45. The van der Waals surface area contributed by atoms with Crippen molar-refractivity contribution in [2.75, 3.05) is 13.7 Å². The number of amides is 1. The van der Waals surface area contributed by atoms with Gasteiger partial charge in [0, 0.05) is 31.2 Å². The third-order valence-corrected chi connectivity index (χ3v) is 9.05. The van der Waals surface area contributed by atoms with Crippen LogP contribution in [0.3, 0.4) is 0 Å². The van der Waals surface area contributed by atoms with Gasteiger partial charge in [-0.3, -0.25) is 4.79 Å². The maximum Gasteiger partial charge on any atom is 0.254 e. The van der Waals surface area contributed by atoms with E-state index in [1.165, 1.54) is 18.9 Å². The van der Waals surface area contributed by atoms with Crippen LogP contribution >= 0.6 is 0 Å². The van der Waals surface area contributed by atoms with Gasteiger partial charge in [0.2, 0.25) is 5.95 Å². The number of aryl methyl sites for hydroxylation is 1. The summed E-state index contributed by atoms with van der Waals surface area (Å²) in [4.78, 5) is 24.8. The number of pyridine rings is 1. The molecule has 3 aliphatic carbocycles. The smallest absolute Gasteiger partial charge is 0.254 e. The number of fused-ring (bicyclic) bond motifs is 4. The van der Waals surface area contributed by atoms with Crippen molar-refractivity contribution < 1.29 is 13.9 Å². The number of hydrogen-bond acceptors (Lipinski definition) is 5. The standard InChI is InChI=1S/C29H32FN5O2/c1-34-27-22(12-19(13-24(27)37-2)29(36)35-14-17-5-7-23(35)26(17)31)33-28(34)20-10-16-6-8-25(30)32-21(16)11-18(20)9-15-3-4-15/h6,8,10,12-13,15,17-18,23,26H,3-5,7,9,11,14,31H2,1-2H3/t17-,18?,23-,26-/m1/s1. The Hall–Kier alpha value is -3.26. The monoisotopic (exact) mass is 501 g/mol. The number of rotatable bonds is 5. The van der Waals surface area contributed by atoms with Crippen molar-refractivity contribution in [1.29, 1.82) is 0 Å². The molecule has 0 spiro atoms. The van der Waals surface area contributed by atoms with Gasteiger partial charge in [0.25, 0.3) is 5.91 Å². The Bertz CT molecular complexity index is 1460. The van der Waals surface area contributed by atoms with Gasteiger partial charge in [0.05, 0.1) is 18.3 Å². The summed E-state index contributed by atoms with van der Waals surface area (Å²) in [7, 11) is 3.64. The lowest BCUT2D eigenvalue weighted by Gasteiger charge is -2.27. The van der Waals surface area contributed by atoms with E-state index in [2.05, 4.69) is 15.6 Å². The Balaban J connectivity index is 1.31. The van der Waals surface area contributed by atoms with E-state index in [-0.39, 0.29) is 23.9 Å². The van der Waals surface area contributed by atoms with Gasteiger partial charge >= 0.3 is 0 Å². The van der Waals surface area contributed by atoms with Crippen LogP contribution < -0.4 is 10.5 Å². The molecule has 1 unspecified atom stereocenters. The molecule has 192 valence electrons. The van der Waals surface area contributed by atoms with Crippen molar-refractivity contribution in [3.63, 3.8) is 0 Å². The number of ether oxygens (including phenoxy) is 1. The Morgan fingerprint density at radius 1 is 1.19 bits per heavy atom. The predicted octanol–water partition coefficient (Wildman–Crippen LogP) is 4.19. The maximum atomic E-state index is 13.9. The number of nitrogens with zero attached hydrogens (tertiary/aromatic N) is 4. The van der Waals surface area contributed by atoms with Crippen LogP contribution in [0.5, 0.6) is 5.75 Å². The summed E-state index contributed by atoms with van der Waals surface area (Å²) in [6, 6.07) is 7.15. The molecule has 37 heavy (non-hydrogen) atoms. The minimum atomic E-state index is -0.433. The van der Waals surface area contributed by atoms with Crippen molar-refractivity contribution in [1.82, 2.24) is 19.4 Å². The van der Waals surface area contributed by atoms with Crippen molar-refractivity contribution in [2.24, 2.45) is 30.5 Å². The molecule has 4 atom stereocenters. The third kappa shape index (κ3) is 3.68. The van der Waals surface area contributed by atoms with E-state index in [9.17, 15) is 9.18 Å². The first-order valence-electron chi connectivity index (χ1n) is 13.4. The number of methoxy groups -OCH3 is 1. The van der Waals surface area contributed by atoms with Gasteiger partial charge in [-0.2, -0.15) is 4.39 Å². The number of likely N-dealkylation sites (tertiary alicyclic amines) is 1. The average molecular weight is 502 g/mol. The van der Waals surface area contributed by atoms with Gasteiger partial charge in [-0.15, -0.1) is 0 Å². The first-order chi connectivity index (χ1) is 17.9. The van der Waals surface area contributed by atoms with Crippen LogP contribution in [-0.4, -0.2) is 51.1 Å². The van der Waals surface area contributed by atoms with Gasteiger partial charge in [-0.1, -0.05) is 12.8 Å². The highest BCUT2D eigenvalue weighted by atomic mass is 19.1. The Morgan fingerprint density at radius 3 is 2.73 bits per heavy atom. The van der Waals surface area contributed by atoms with Gasteiger partial charge in [-0.05, 0) is 84.9 Å². The number of halogens is 1. The maximum absolute atomic E-state index is 13.9. The fraction of sp³-hybridized carbons (Fsp3) is 0.483. The van der Waals surface area contributed by atoms with Crippen LogP contribution in [0.2, 0.25) is 0 Å². The van der Waals surface area contributed by atoms with Crippen LogP contribution in [0.1, 0.15) is 59.5 Å². The molecule has 2 N–H and O–H groups in total. The number of aromatic nitrogens is 3. The molecule has 2 aromatic heterocycles. The number of carbonyl (C=O) groups excluding carboxylic acids is 1. The molecule has 7 rings (SSSR count). The van der Waals surface area contributed by atoms with E-state index in [4.69, 9.17) is 15.5 Å². The highest BCUT2D eigenvalue weighted by Gasteiger charge is 2.47. The summed E-state index contributed by atoms with van der Waals surface area (Å²) in [5.41, 5.74) is 11.5. The second kappa shape index (κ2) is 8.38. The molecule has 1 amide bonds. The zero-order valence-corrected chi connectivity index (χ0v) is 21.3. The number of allylic oxidation sites excluding steroid dienone is 1. The van der Waals surface area contributed by atoms with Crippen molar-refractivity contribution in [3.8, 4) is 5.75 Å². The molecule has 3 fully saturated rings. The summed E-state index contributed by atoms with van der Waals surface area (Å²) in [5, 5.41) is 0. The summed E-state index contributed by atoms with van der Waals surface area (Å²) >= 11 is 0. The minimum absolute atomic E-state index is 0.000531. The lowest BCUT2D eigenvalue weighted by atomic mass is 9.82. The third-order valence-electron chi connectivity index (χ3n) is 9.05. The number of hydrogen-bond donors (Lipinski definition) is 1. The number of piperidine rings is 1. The van der Waals surface area contributed by atoms with E-state index in [0.717, 1.165) is 59.5 Å². The molecule has 2 saturated carbocycles. The van der Waals surface area contributed by atoms with E-state index >= 15 is 0 Å². The lowest BCUT2D eigenvalue weighted by molar-refractivity contribution is 0.0700. The van der Waals surface area contributed by atoms with Crippen LogP contribution in [-0.2, 0) is 13.5 Å². The van der Waals surface area contributed by atoms with Crippen LogP contribution in [0.25, 0.3) is 22.7 Å². The summed E-state index contributed by atoms with van der Waals surface area (Å²) < 4.78 is 21.8. The molecule has 1 aromatic carbocycles. The number of benzene rings is 1. The normalized spacial score (nSPS) is 26.5. The molecule has 1 aliphatic heterocycles. The largest absolute Gasteiger partial charge is 0.494 e. The van der Waals surface area contributed by atoms with Gasteiger partial charge in [0.15, 0.2) is 0 Å². The van der Waals surface area contributed by atoms with E-state index in [0.29, 0.717) is 29.6 Å². The quantitative estimate of drug-likeness (QED) is 0.530. The zero-order valence-electron chi connectivity index (χ0n) is 21.3. The number of nitrogens with two attached hydrogens (primary N) is 1. The molecule has 0 radical (unpaired) electrons. The molecule has 3 heterocycles. The van der Waals surface area contributed by atoms with Crippen molar-refractivity contribution in [2.45, 2.75) is 50.6 Å². The summed E-state index contributed by atoms with van der Waals surface area (Å²) in [6.45, 7) is 0.724. The van der Waals surface area contributed by atoms with Crippen LogP contribution in [0.4, 0.5) is 4.39 Å². The molecular weight excluding hydrogens is 469 g/mol. The minimum Gasteiger partial charge on any atom is -0.494 e. The van der Waals surface area contributed by atoms with E-state index in [1.807, 2.05) is 24.1 Å². The summed E-state index contributed by atoms with van der Waals surface area (Å²) in [6.07, 6.45) is 8.45. The average Bonchev–Trinajstić information content (AvgIpc) is 3.47. The Morgan fingerprint density at radius 2 is 2.03 bits per heavy atom. The van der Waals surface area contributed by atoms with Gasteiger partial charge in [0.1, 0.15) is 17.1 Å². The molecule has 8 heteroatoms. The topological polar surface area (TPSA) is 86.3 Å². The fourth-order valence-electron chi connectivity index (χ4n) is 6.92. The predicted molar refractivity (Wildman–Crippen MR) is 139 cm³/mol. The number of imidazole rings is 1. The fourth-order valence-corrected chi connectivity index (χ4v) is 6.92. The molecule has 1 saturated heterocycles. The summed E-state index contributed by atoms with van der Waals surface area (Å²) in [5.74, 6) is 2.39. The first-order valence-corrected chi connectivity index (χ1v) is 13.4. The lowest BCUT2D eigenvalue weighted by Crippen LogP contribution is -2.41. The Kier molecular flexibility index (Phi) is 5.19. The van der Waals surface area contributed by atoms with Crippen molar-refractivity contribution in [3.05, 3.63) is 52.9 Å². The highest BCUT2D eigenvalue weighted by molar-refractivity contribution is 6.00. The first kappa shape index (κ1) is 22.9. The SMILES string of the molecule is COc1cc(C(=O)N2C[C@H]3CC[C@@H]2[C@@H]3N)cc2nc(C3=Cc4ccc(F)nc4CC3CC3CC3)n(C)c12. The van der Waals surface area contributed by atoms with E-state index < -0.39 is 5.95 Å². The molecule has 3 aromatic rings. The van der Waals surface area contributed by atoms with Crippen LogP contribution in [0, 0.1) is 23.7 Å². The zero-order chi connectivity index (χ0) is 25.4. The van der Waals surface area contributed by atoms with Gasteiger partial charge in [-0.25, -0.2) is 9.97 Å². The van der Waals surface area contributed by atoms with Crippen LogP contribution in [0.15, 0.2) is 24.3 Å². The second-order valence-corrected chi connectivity index (χ2v) is 11.3. The Labute approximate surface area is 215 Å². The second-order valence-electron chi connectivity index (χ2n) is 11.3. The van der Waals surface area contributed by atoms with E-state index in [1.54, 1.807) is 13.2 Å². The molecule has 7 nitrogen and oxygen atoms in total. The van der Waals surface area contributed by atoms with Gasteiger partial charge < -0.3 is 19.9 Å². The number of carbonyl (C=O) groups is 1. The van der Waals surface area contributed by atoms with Crippen molar-refractivity contribution >= 4 is 28.6 Å².